The third-order valence-electron chi connectivity index (χ3n) is 6.70. The number of hydrogen-bond acceptors (Lipinski definition) is 6. The topological polar surface area (TPSA) is 119 Å². The smallest absolute Gasteiger partial charge is 0.251 e. The summed E-state index contributed by atoms with van der Waals surface area (Å²) in [5.41, 5.74) is 9.79. The molecule has 3 N–H and O–H groups in total. The summed E-state index contributed by atoms with van der Waals surface area (Å²) in [6.45, 7) is 4.69. The monoisotopic (exact) mass is 495 g/mol. The molecule has 0 spiro atoms. The number of benzene rings is 1. The number of nitrogens with two attached hydrogens (primary N) is 1. The van der Waals surface area contributed by atoms with Gasteiger partial charge in [0.15, 0.2) is 0 Å². The minimum Gasteiger partial charge on any atom is -0.382 e. The summed E-state index contributed by atoms with van der Waals surface area (Å²) in [6, 6.07) is 12.6. The van der Waals surface area contributed by atoms with E-state index in [0.29, 0.717) is 35.7 Å². The van der Waals surface area contributed by atoms with E-state index in [1.807, 2.05) is 45.8 Å². The van der Waals surface area contributed by atoms with Crippen LogP contribution in [-0.4, -0.2) is 42.6 Å². The van der Waals surface area contributed by atoms with E-state index in [1.165, 1.54) is 6.08 Å². The van der Waals surface area contributed by atoms with Crippen LogP contribution in [0.1, 0.15) is 53.6 Å². The molecule has 0 saturated carbocycles. The lowest BCUT2D eigenvalue weighted by Crippen LogP contribution is -2.34. The molecule has 37 heavy (non-hydrogen) atoms. The number of anilines is 1. The lowest BCUT2D eigenvalue weighted by atomic mass is 10.1. The van der Waals surface area contributed by atoms with Crippen LogP contribution >= 0.6 is 0 Å². The van der Waals surface area contributed by atoms with Gasteiger partial charge in [-0.25, -0.2) is 9.97 Å². The number of carbonyl (C=O) groups excluding carboxylic acids is 2. The van der Waals surface area contributed by atoms with Crippen LogP contribution in [0.5, 0.6) is 0 Å². The fourth-order valence-corrected chi connectivity index (χ4v) is 4.84. The fraction of sp³-hybridized carbons (Fsp3) is 0.250. The number of nitrogens with one attached hydrogen (secondary N) is 1. The molecule has 4 heterocycles. The summed E-state index contributed by atoms with van der Waals surface area (Å²) in [5, 5.41) is 2.89. The number of nitrogen functional groups attached to an aromatic ring is 1. The van der Waals surface area contributed by atoms with E-state index < -0.39 is 0 Å². The Morgan fingerprint density at radius 3 is 2.68 bits per heavy atom. The molecular formula is C28H29N7O2. The van der Waals surface area contributed by atoms with Gasteiger partial charge in [0.2, 0.25) is 5.91 Å². The highest BCUT2D eigenvalue weighted by atomic mass is 16.2. The Morgan fingerprint density at radius 1 is 1.08 bits per heavy atom. The highest BCUT2D eigenvalue weighted by Gasteiger charge is 2.30. The number of hydrogen-bond donors (Lipinski definition) is 2. The molecule has 1 atom stereocenters. The average molecular weight is 496 g/mol. The van der Waals surface area contributed by atoms with Gasteiger partial charge in [0.1, 0.15) is 22.9 Å². The number of nitrogens with zero attached hydrogens (tertiary/aromatic N) is 5. The highest BCUT2D eigenvalue weighted by molar-refractivity contribution is 5.95. The Bertz CT molecular complexity index is 1430. The quantitative estimate of drug-likeness (QED) is 0.391. The number of rotatable bonds is 6. The van der Waals surface area contributed by atoms with Crippen LogP contribution < -0.4 is 11.1 Å². The number of aromatic nitrogens is 4. The zero-order valence-corrected chi connectivity index (χ0v) is 20.5. The van der Waals surface area contributed by atoms with Gasteiger partial charge in [-0.3, -0.25) is 19.0 Å². The molecule has 0 aliphatic carbocycles. The summed E-state index contributed by atoms with van der Waals surface area (Å²) in [5.74, 6) is 0.802. The van der Waals surface area contributed by atoms with E-state index in [2.05, 4.69) is 21.9 Å². The number of carbonyl (C=O) groups is 2. The Hall–Kier alpha value is -4.53. The summed E-state index contributed by atoms with van der Waals surface area (Å²) in [7, 11) is 0. The molecule has 1 aliphatic heterocycles. The lowest BCUT2D eigenvalue weighted by molar-refractivity contribution is -0.128. The Balaban J connectivity index is 1.47. The molecule has 1 saturated heterocycles. The van der Waals surface area contributed by atoms with Crippen molar-refractivity contribution in [3.63, 3.8) is 0 Å². The molecule has 9 heteroatoms. The van der Waals surface area contributed by atoms with Gasteiger partial charge in [-0.1, -0.05) is 37.6 Å². The average Bonchev–Trinajstić information content (AvgIpc) is 3.16. The minimum absolute atomic E-state index is 0.103. The molecule has 0 radical (unpaired) electrons. The minimum atomic E-state index is -0.201. The van der Waals surface area contributed by atoms with Crippen molar-refractivity contribution < 1.29 is 9.59 Å². The zero-order valence-electron chi connectivity index (χ0n) is 20.5. The van der Waals surface area contributed by atoms with Crippen molar-refractivity contribution in [1.82, 2.24) is 29.6 Å². The molecule has 5 rings (SSSR count). The van der Waals surface area contributed by atoms with Crippen molar-refractivity contribution in [3.8, 4) is 11.3 Å². The number of pyridine rings is 1. The number of amides is 2. The van der Waals surface area contributed by atoms with E-state index in [-0.39, 0.29) is 17.9 Å². The van der Waals surface area contributed by atoms with Crippen molar-refractivity contribution in [1.29, 1.82) is 0 Å². The molecule has 3 aromatic heterocycles. The van der Waals surface area contributed by atoms with Crippen LogP contribution in [0.3, 0.4) is 0 Å². The molecule has 1 unspecified atom stereocenters. The fourth-order valence-electron chi connectivity index (χ4n) is 4.84. The van der Waals surface area contributed by atoms with Crippen LogP contribution in [0.4, 0.5) is 5.82 Å². The van der Waals surface area contributed by atoms with Gasteiger partial charge in [0, 0.05) is 36.3 Å². The third-order valence-corrected chi connectivity index (χ3v) is 6.70. The van der Waals surface area contributed by atoms with Crippen LogP contribution in [0.2, 0.25) is 0 Å². The van der Waals surface area contributed by atoms with Crippen LogP contribution in [0.15, 0.2) is 73.7 Å². The van der Waals surface area contributed by atoms with Crippen molar-refractivity contribution in [3.05, 3.63) is 90.8 Å². The van der Waals surface area contributed by atoms with Crippen LogP contribution in [-0.2, 0) is 11.3 Å². The first-order valence-corrected chi connectivity index (χ1v) is 12.4. The van der Waals surface area contributed by atoms with Crippen molar-refractivity contribution in [2.75, 3.05) is 12.3 Å². The van der Waals surface area contributed by atoms with E-state index in [9.17, 15) is 9.59 Å². The molecule has 9 nitrogen and oxygen atoms in total. The zero-order chi connectivity index (χ0) is 25.8. The van der Waals surface area contributed by atoms with E-state index in [1.54, 1.807) is 24.5 Å². The summed E-state index contributed by atoms with van der Waals surface area (Å²) in [4.78, 5) is 40.8. The maximum absolute atomic E-state index is 12.7. The third kappa shape index (κ3) is 4.93. The normalized spacial score (nSPS) is 15.8. The molecule has 4 aromatic rings. The molecule has 1 aromatic carbocycles. The van der Waals surface area contributed by atoms with Crippen molar-refractivity contribution >= 4 is 23.1 Å². The molecular weight excluding hydrogens is 466 g/mol. The summed E-state index contributed by atoms with van der Waals surface area (Å²) < 4.78 is 1.94. The molecule has 1 fully saturated rings. The first-order valence-electron chi connectivity index (χ1n) is 12.4. The second-order valence-electron chi connectivity index (χ2n) is 9.03. The SMILES string of the molecule is C=CC(=O)N1CCCCCC1c1nc(-c2ccc(C(=O)NCc3ccccn3)cc2)c2c(N)nccn12. The molecule has 0 bridgehead atoms. The van der Waals surface area contributed by atoms with Gasteiger partial charge < -0.3 is 16.0 Å². The summed E-state index contributed by atoms with van der Waals surface area (Å²) >= 11 is 0. The Kier molecular flexibility index (Phi) is 6.93. The van der Waals surface area contributed by atoms with Crippen LogP contribution in [0.25, 0.3) is 16.8 Å². The predicted molar refractivity (Wildman–Crippen MR) is 141 cm³/mol. The second kappa shape index (κ2) is 10.6. The van der Waals surface area contributed by atoms with Gasteiger partial charge in [0.25, 0.3) is 5.91 Å². The molecule has 2 amide bonds. The van der Waals surface area contributed by atoms with E-state index >= 15 is 0 Å². The molecule has 188 valence electrons. The van der Waals surface area contributed by atoms with Crippen molar-refractivity contribution in [2.45, 2.75) is 38.3 Å². The largest absolute Gasteiger partial charge is 0.382 e. The van der Waals surface area contributed by atoms with Crippen molar-refractivity contribution in [2.24, 2.45) is 0 Å². The van der Waals surface area contributed by atoms with Gasteiger partial charge in [0.05, 0.1) is 18.3 Å². The van der Waals surface area contributed by atoms with E-state index in [0.717, 1.165) is 42.8 Å². The predicted octanol–water partition coefficient (Wildman–Crippen LogP) is 3.93. The number of imidazole rings is 1. The highest BCUT2D eigenvalue weighted by Crippen LogP contribution is 2.35. The van der Waals surface area contributed by atoms with Gasteiger partial charge in [-0.2, -0.15) is 0 Å². The first kappa shape index (κ1) is 24.2. The Labute approximate surface area is 215 Å². The standard InChI is InChI=1S/C28H29N7O2/c1-2-23(36)34-16-7-3-4-9-22(34)27-33-24(25-26(29)31-15-17-35(25)27)19-10-12-20(13-11-19)28(37)32-18-21-8-5-6-14-30-21/h2,5-6,8,10-15,17,22H,1,3-4,7,9,16,18H2,(H2,29,31)(H,32,37). The van der Waals surface area contributed by atoms with E-state index in [4.69, 9.17) is 10.7 Å². The molecule has 1 aliphatic rings. The second-order valence-corrected chi connectivity index (χ2v) is 9.03. The van der Waals surface area contributed by atoms with Gasteiger partial charge in [-0.05, 0) is 43.2 Å². The number of fused-ring (bicyclic) bond motifs is 1. The first-order chi connectivity index (χ1) is 18.1. The maximum atomic E-state index is 12.7. The van der Waals surface area contributed by atoms with Gasteiger partial charge >= 0.3 is 0 Å². The number of likely N-dealkylation sites (tertiary alicyclic amines) is 1. The van der Waals surface area contributed by atoms with Crippen LogP contribution in [0, 0.1) is 0 Å². The van der Waals surface area contributed by atoms with Gasteiger partial charge in [-0.15, -0.1) is 0 Å². The Morgan fingerprint density at radius 2 is 1.92 bits per heavy atom. The maximum Gasteiger partial charge on any atom is 0.251 e. The lowest BCUT2D eigenvalue weighted by Gasteiger charge is -2.28. The summed E-state index contributed by atoms with van der Waals surface area (Å²) in [6.07, 6.45) is 10.3.